The van der Waals surface area contributed by atoms with E-state index in [1.54, 1.807) is 0 Å². The van der Waals surface area contributed by atoms with Crippen LogP contribution >= 0.6 is 0 Å². The van der Waals surface area contributed by atoms with E-state index in [4.69, 9.17) is 5.10 Å². The van der Waals surface area contributed by atoms with Crippen molar-refractivity contribution in [3.63, 3.8) is 0 Å². The minimum absolute atomic E-state index is 0.110. The lowest BCUT2D eigenvalue weighted by Gasteiger charge is -2.41. The number of aromatic nitrogens is 2. The summed E-state index contributed by atoms with van der Waals surface area (Å²) in [5, 5.41) is 4.97. The van der Waals surface area contributed by atoms with Gasteiger partial charge in [0, 0.05) is 43.5 Å². The van der Waals surface area contributed by atoms with Gasteiger partial charge < -0.3 is 19.6 Å². The van der Waals surface area contributed by atoms with Gasteiger partial charge in [0.15, 0.2) is 0 Å². The number of likely N-dealkylation sites (N-methyl/N-ethyl adjacent to an activating group) is 1. The number of anilines is 2. The lowest BCUT2D eigenvalue weighted by Crippen LogP contribution is -2.44. The van der Waals surface area contributed by atoms with E-state index in [1.807, 2.05) is 23.1 Å². The van der Waals surface area contributed by atoms with Gasteiger partial charge in [-0.3, -0.25) is 4.79 Å². The van der Waals surface area contributed by atoms with Crippen molar-refractivity contribution < 1.29 is 4.79 Å². The first-order chi connectivity index (χ1) is 15.3. The number of nitrogens with zero attached hydrogens (tertiary/aromatic N) is 6. The van der Waals surface area contributed by atoms with Crippen LogP contribution in [-0.4, -0.2) is 71.8 Å². The van der Waals surface area contributed by atoms with Crippen molar-refractivity contribution in [2.75, 3.05) is 44.0 Å². The molecule has 2 aromatic rings. The Bertz CT molecular complexity index is 1030. The highest BCUT2D eigenvalue weighted by Crippen LogP contribution is 2.41. The van der Waals surface area contributed by atoms with Crippen LogP contribution in [-0.2, 0) is 13.1 Å². The smallest absolute Gasteiger partial charge is 0.256 e. The molecule has 3 aliphatic heterocycles. The number of para-hydroxylation sites is 1. The van der Waals surface area contributed by atoms with Crippen LogP contribution in [0.3, 0.4) is 0 Å². The largest absolute Gasteiger partial charge is 0.369 e. The summed E-state index contributed by atoms with van der Waals surface area (Å²) in [6, 6.07) is 9.46. The topological polar surface area (TPSA) is 47.9 Å². The number of amides is 1. The standard InChI is InChI=1S/C25H36N6O/c1-16-17(2)28(6)24-21-14-30(15-22(21)26-31(24)18(16)3)25(32)20-9-7-8-10-23(20)29-12-11-19(13-29)27(4)5/h7-10,16-19H,11-15H2,1-6H3. The Balaban J connectivity index is 1.40. The number of hydrogen-bond acceptors (Lipinski definition) is 5. The molecule has 172 valence electrons. The highest BCUT2D eigenvalue weighted by molar-refractivity contribution is 6.00. The van der Waals surface area contributed by atoms with Crippen molar-refractivity contribution in [2.45, 2.75) is 58.4 Å². The predicted octanol–water partition coefficient (Wildman–Crippen LogP) is 3.21. The van der Waals surface area contributed by atoms with Crippen molar-refractivity contribution in [2.24, 2.45) is 5.92 Å². The molecule has 0 radical (unpaired) electrons. The van der Waals surface area contributed by atoms with Gasteiger partial charge in [0.2, 0.25) is 0 Å². The summed E-state index contributed by atoms with van der Waals surface area (Å²) in [5.74, 6) is 1.83. The van der Waals surface area contributed by atoms with Crippen LogP contribution in [0.15, 0.2) is 24.3 Å². The Morgan fingerprint density at radius 2 is 1.84 bits per heavy atom. The lowest BCUT2D eigenvalue weighted by atomic mass is 9.92. The van der Waals surface area contributed by atoms with Crippen molar-refractivity contribution in [1.29, 1.82) is 0 Å². The van der Waals surface area contributed by atoms with E-state index >= 15 is 0 Å². The van der Waals surface area contributed by atoms with Gasteiger partial charge in [-0.15, -0.1) is 0 Å². The second-order valence-electron chi connectivity index (χ2n) is 10.2. The van der Waals surface area contributed by atoms with E-state index in [2.05, 4.69) is 67.4 Å². The molecule has 0 bridgehead atoms. The minimum Gasteiger partial charge on any atom is -0.369 e. The maximum atomic E-state index is 13.7. The van der Waals surface area contributed by atoms with Crippen LogP contribution in [0.5, 0.6) is 0 Å². The van der Waals surface area contributed by atoms with E-state index in [0.29, 0.717) is 37.1 Å². The molecule has 0 N–H and O–H groups in total. The zero-order valence-corrected chi connectivity index (χ0v) is 20.2. The zero-order valence-electron chi connectivity index (χ0n) is 20.2. The zero-order chi connectivity index (χ0) is 22.7. The van der Waals surface area contributed by atoms with E-state index in [0.717, 1.165) is 36.5 Å². The molecular formula is C25H36N6O. The predicted molar refractivity (Wildman–Crippen MR) is 128 cm³/mol. The summed E-state index contributed by atoms with van der Waals surface area (Å²) in [6.07, 6.45) is 1.13. The van der Waals surface area contributed by atoms with Gasteiger partial charge in [0.05, 0.1) is 30.4 Å². The maximum Gasteiger partial charge on any atom is 0.256 e. The fourth-order valence-electron chi connectivity index (χ4n) is 5.68. The highest BCUT2D eigenvalue weighted by Gasteiger charge is 2.40. The fraction of sp³-hybridized carbons (Fsp3) is 0.600. The average molecular weight is 437 g/mol. The maximum absolute atomic E-state index is 13.7. The molecule has 4 unspecified atom stereocenters. The summed E-state index contributed by atoms with van der Waals surface area (Å²) in [7, 11) is 6.44. The first-order valence-electron chi connectivity index (χ1n) is 11.9. The Hall–Kier alpha value is -2.54. The molecule has 1 aromatic heterocycles. The molecule has 7 nitrogen and oxygen atoms in total. The van der Waals surface area contributed by atoms with Crippen LogP contribution < -0.4 is 9.80 Å². The molecule has 1 saturated heterocycles. The van der Waals surface area contributed by atoms with Crippen LogP contribution in [0.1, 0.15) is 54.8 Å². The molecule has 3 aliphatic rings. The average Bonchev–Trinajstić information content (AvgIpc) is 3.50. The van der Waals surface area contributed by atoms with E-state index in [1.165, 1.54) is 11.4 Å². The first-order valence-corrected chi connectivity index (χ1v) is 11.9. The van der Waals surface area contributed by atoms with Gasteiger partial charge >= 0.3 is 0 Å². The van der Waals surface area contributed by atoms with Crippen LogP contribution in [0.25, 0.3) is 0 Å². The number of benzene rings is 1. The molecule has 0 spiro atoms. The summed E-state index contributed by atoms with van der Waals surface area (Å²) >= 11 is 0. The Labute approximate surface area is 191 Å². The molecule has 0 saturated carbocycles. The molecule has 7 heteroatoms. The summed E-state index contributed by atoms with van der Waals surface area (Å²) < 4.78 is 2.19. The third-order valence-electron chi connectivity index (χ3n) is 8.26. The van der Waals surface area contributed by atoms with Gasteiger partial charge in [-0.25, -0.2) is 4.68 Å². The molecule has 0 aliphatic carbocycles. The van der Waals surface area contributed by atoms with Crippen molar-refractivity contribution in [1.82, 2.24) is 19.6 Å². The summed E-state index contributed by atoms with van der Waals surface area (Å²) in [5.41, 5.74) is 4.14. The van der Waals surface area contributed by atoms with Crippen molar-refractivity contribution in [3.05, 3.63) is 41.1 Å². The van der Waals surface area contributed by atoms with Gasteiger partial charge in [0.25, 0.3) is 5.91 Å². The minimum atomic E-state index is 0.110. The van der Waals surface area contributed by atoms with E-state index in [9.17, 15) is 4.79 Å². The molecular weight excluding hydrogens is 400 g/mol. The Morgan fingerprint density at radius 3 is 2.56 bits per heavy atom. The highest BCUT2D eigenvalue weighted by atomic mass is 16.2. The monoisotopic (exact) mass is 436 g/mol. The number of carbonyl (C=O) groups excluding carboxylic acids is 1. The number of carbonyl (C=O) groups is 1. The molecule has 4 atom stereocenters. The van der Waals surface area contributed by atoms with Crippen LogP contribution in [0.4, 0.5) is 11.5 Å². The van der Waals surface area contributed by atoms with Crippen LogP contribution in [0.2, 0.25) is 0 Å². The van der Waals surface area contributed by atoms with E-state index in [-0.39, 0.29) is 5.91 Å². The van der Waals surface area contributed by atoms with E-state index < -0.39 is 0 Å². The Kier molecular flexibility index (Phi) is 5.19. The Morgan fingerprint density at radius 1 is 1.09 bits per heavy atom. The molecule has 1 aromatic carbocycles. The fourth-order valence-corrected chi connectivity index (χ4v) is 5.68. The third-order valence-corrected chi connectivity index (χ3v) is 8.26. The van der Waals surface area contributed by atoms with Gasteiger partial charge in [-0.2, -0.15) is 5.10 Å². The molecule has 32 heavy (non-hydrogen) atoms. The summed E-state index contributed by atoms with van der Waals surface area (Å²) in [4.78, 5) is 22.7. The number of hydrogen-bond donors (Lipinski definition) is 0. The molecule has 1 amide bonds. The number of fused-ring (bicyclic) bond motifs is 3. The normalized spacial score (nSPS) is 27.3. The van der Waals surface area contributed by atoms with Gasteiger partial charge in [-0.1, -0.05) is 19.1 Å². The van der Waals surface area contributed by atoms with Gasteiger partial charge in [0.1, 0.15) is 5.82 Å². The summed E-state index contributed by atoms with van der Waals surface area (Å²) in [6.45, 7) is 10.0. The molecule has 4 heterocycles. The van der Waals surface area contributed by atoms with Crippen molar-refractivity contribution in [3.8, 4) is 0 Å². The second kappa shape index (κ2) is 7.80. The van der Waals surface area contributed by atoms with Gasteiger partial charge in [-0.05, 0) is 52.4 Å². The molecule has 1 fully saturated rings. The second-order valence-corrected chi connectivity index (χ2v) is 10.2. The van der Waals surface area contributed by atoms with Crippen LogP contribution in [0, 0.1) is 5.92 Å². The van der Waals surface area contributed by atoms with Crippen molar-refractivity contribution >= 4 is 17.4 Å². The SMILES string of the molecule is CC1C(C)N(C)c2c3c(nn2C1C)CN(C(=O)c1ccccc1N1CCC(N(C)C)C1)C3. The molecule has 5 rings (SSSR count). The number of rotatable bonds is 3. The first kappa shape index (κ1) is 21.3. The quantitative estimate of drug-likeness (QED) is 0.740. The third kappa shape index (κ3) is 3.20. The lowest BCUT2D eigenvalue weighted by molar-refractivity contribution is 0.0749.